The van der Waals surface area contributed by atoms with Crippen molar-refractivity contribution < 1.29 is 9.53 Å². The molecule has 2 heterocycles. The van der Waals surface area contributed by atoms with Gasteiger partial charge in [0.25, 0.3) is 5.56 Å². The Labute approximate surface area is 167 Å². The molecule has 28 heavy (non-hydrogen) atoms. The molecule has 1 fully saturated rings. The number of fused-ring (bicyclic) bond motifs is 1. The zero-order valence-electron chi connectivity index (χ0n) is 15.6. The lowest BCUT2D eigenvalue weighted by Gasteiger charge is -2.26. The summed E-state index contributed by atoms with van der Waals surface area (Å²) in [4.78, 5) is 32.2. The molecule has 4 rings (SSSR count). The number of thioether (sulfide) groups is 1. The maximum absolute atomic E-state index is 13.2. The van der Waals surface area contributed by atoms with Gasteiger partial charge in [-0.2, -0.15) is 0 Å². The van der Waals surface area contributed by atoms with Crippen LogP contribution >= 0.6 is 11.8 Å². The molecular formula is C21H21N3O3S. The molecule has 0 spiro atoms. The van der Waals surface area contributed by atoms with Gasteiger partial charge >= 0.3 is 0 Å². The molecule has 1 aromatic heterocycles. The number of hydrogen-bond acceptors (Lipinski definition) is 5. The molecule has 0 radical (unpaired) electrons. The van der Waals surface area contributed by atoms with E-state index in [-0.39, 0.29) is 17.2 Å². The third kappa shape index (κ3) is 3.81. The normalized spacial score (nSPS) is 14.4. The minimum Gasteiger partial charge on any atom is -0.378 e. The van der Waals surface area contributed by atoms with Crippen molar-refractivity contribution in [2.24, 2.45) is 0 Å². The van der Waals surface area contributed by atoms with Gasteiger partial charge in [-0.1, -0.05) is 41.6 Å². The van der Waals surface area contributed by atoms with Gasteiger partial charge in [-0.15, -0.1) is 0 Å². The summed E-state index contributed by atoms with van der Waals surface area (Å²) in [6, 6.07) is 15.0. The Bertz CT molecular complexity index is 1060. The molecule has 3 aromatic rings. The highest BCUT2D eigenvalue weighted by Crippen LogP contribution is 2.22. The quantitative estimate of drug-likeness (QED) is 0.502. The SMILES string of the molecule is Cc1ccc(-n2c(SCC(=O)N3CCOCC3)nc3ccccc3c2=O)cc1. The highest BCUT2D eigenvalue weighted by atomic mass is 32.2. The average Bonchev–Trinajstić information content (AvgIpc) is 2.74. The van der Waals surface area contributed by atoms with Gasteiger partial charge in [-0.25, -0.2) is 4.98 Å². The number of morpholine rings is 1. The number of nitrogens with zero attached hydrogens (tertiary/aromatic N) is 3. The van der Waals surface area contributed by atoms with Gasteiger partial charge < -0.3 is 9.64 Å². The number of carbonyl (C=O) groups excluding carboxylic acids is 1. The minimum absolute atomic E-state index is 0.0335. The summed E-state index contributed by atoms with van der Waals surface area (Å²) < 4.78 is 6.90. The Balaban J connectivity index is 1.71. The molecule has 2 aromatic carbocycles. The first-order valence-electron chi connectivity index (χ1n) is 9.20. The van der Waals surface area contributed by atoms with Crippen molar-refractivity contribution in [1.82, 2.24) is 14.5 Å². The molecule has 0 bridgehead atoms. The monoisotopic (exact) mass is 395 g/mol. The van der Waals surface area contributed by atoms with E-state index in [1.807, 2.05) is 49.4 Å². The van der Waals surface area contributed by atoms with Crippen LogP contribution in [-0.4, -0.2) is 52.4 Å². The largest absolute Gasteiger partial charge is 0.378 e. The summed E-state index contributed by atoms with van der Waals surface area (Å²) >= 11 is 1.30. The number of rotatable bonds is 4. The molecule has 1 saturated heterocycles. The van der Waals surface area contributed by atoms with Gasteiger partial charge in [0.2, 0.25) is 5.91 Å². The Hall–Kier alpha value is -2.64. The number of para-hydroxylation sites is 1. The van der Waals surface area contributed by atoms with E-state index < -0.39 is 0 Å². The van der Waals surface area contributed by atoms with E-state index in [0.717, 1.165) is 11.3 Å². The number of aryl methyl sites for hydroxylation is 1. The number of benzene rings is 2. The van der Waals surface area contributed by atoms with Crippen LogP contribution in [0.25, 0.3) is 16.6 Å². The molecule has 0 atom stereocenters. The lowest BCUT2D eigenvalue weighted by atomic mass is 10.2. The maximum Gasteiger partial charge on any atom is 0.266 e. The molecule has 0 N–H and O–H groups in total. The van der Waals surface area contributed by atoms with Crippen molar-refractivity contribution in [1.29, 1.82) is 0 Å². The zero-order valence-corrected chi connectivity index (χ0v) is 16.4. The van der Waals surface area contributed by atoms with Crippen LogP contribution in [0, 0.1) is 6.92 Å². The number of amides is 1. The van der Waals surface area contributed by atoms with Gasteiger partial charge in [0.15, 0.2) is 5.16 Å². The summed E-state index contributed by atoms with van der Waals surface area (Å²) in [6.45, 7) is 4.35. The number of aromatic nitrogens is 2. The van der Waals surface area contributed by atoms with E-state index in [1.54, 1.807) is 15.5 Å². The van der Waals surface area contributed by atoms with Crippen molar-refractivity contribution in [3.8, 4) is 5.69 Å². The van der Waals surface area contributed by atoms with Gasteiger partial charge in [0, 0.05) is 13.1 Å². The molecule has 1 aliphatic heterocycles. The van der Waals surface area contributed by atoms with Crippen LogP contribution in [0.2, 0.25) is 0 Å². The fourth-order valence-electron chi connectivity index (χ4n) is 3.16. The molecule has 1 aliphatic rings. The van der Waals surface area contributed by atoms with Gasteiger partial charge in [-0.3, -0.25) is 14.2 Å². The second-order valence-corrected chi connectivity index (χ2v) is 7.61. The van der Waals surface area contributed by atoms with Crippen molar-refractivity contribution in [2.75, 3.05) is 32.1 Å². The smallest absolute Gasteiger partial charge is 0.266 e. The number of hydrogen-bond donors (Lipinski definition) is 0. The fraction of sp³-hybridized carbons (Fsp3) is 0.286. The Morgan fingerprint density at radius 2 is 1.82 bits per heavy atom. The van der Waals surface area contributed by atoms with Crippen molar-refractivity contribution >= 4 is 28.6 Å². The zero-order chi connectivity index (χ0) is 19.5. The Kier molecular flexibility index (Phi) is 5.45. The van der Waals surface area contributed by atoms with Crippen molar-refractivity contribution in [2.45, 2.75) is 12.1 Å². The second kappa shape index (κ2) is 8.16. The van der Waals surface area contributed by atoms with Gasteiger partial charge in [-0.05, 0) is 31.2 Å². The highest BCUT2D eigenvalue weighted by Gasteiger charge is 2.19. The molecule has 7 heteroatoms. The molecule has 0 unspecified atom stereocenters. The van der Waals surface area contributed by atoms with Crippen molar-refractivity contribution in [3.63, 3.8) is 0 Å². The fourth-order valence-corrected chi connectivity index (χ4v) is 4.08. The highest BCUT2D eigenvalue weighted by molar-refractivity contribution is 7.99. The Morgan fingerprint density at radius 1 is 1.11 bits per heavy atom. The van der Waals surface area contributed by atoms with Crippen LogP contribution in [0.15, 0.2) is 58.5 Å². The lowest BCUT2D eigenvalue weighted by molar-refractivity contribution is -0.132. The maximum atomic E-state index is 13.2. The van der Waals surface area contributed by atoms with Crippen LogP contribution in [0.1, 0.15) is 5.56 Å². The van der Waals surface area contributed by atoms with E-state index in [1.165, 1.54) is 11.8 Å². The summed E-state index contributed by atoms with van der Waals surface area (Å²) in [5.74, 6) is 0.266. The van der Waals surface area contributed by atoms with Crippen LogP contribution in [0.4, 0.5) is 0 Å². The van der Waals surface area contributed by atoms with E-state index in [9.17, 15) is 9.59 Å². The van der Waals surface area contributed by atoms with Crippen LogP contribution in [0.5, 0.6) is 0 Å². The predicted octanol–water partition coefficient (Wildman–Crippen LogP) is 2.65. The third-order valence-electron chi connectivity index (χ3n) is 4.73. The average molecular weight is 395 g/mol. The third-order valence-corrected chi connectivity index (χ3v) is 5.65. The van der Waals surface area contributed by atoms with E-state index in [4.69, 9.17) is 4.74 Å². The summed E-state index contributed by atoms with van der Waals surface area (Å²) in [6.07, 6.45) is 0. The molecule has 0 saturated carbocycles. The molecule has 0 aliphatic carbocycles. The van der Waals surface area contributed by atoms with E-state index in [2.05, 4.69) is 4.98 Å². The number of ether oxygens (including phenoxy) is 1. The second-order valence-electron chi connectivity index (χ2n) is 6.67. The molecule has 1 amide bonds. The van der Waals surface area contributed by atoms with Crippen molar-refractivity contribution in [3.05, 3.63) is 64.4 Å². The topological polar surface area (TPSA) is 64.4 Å². The van der Waals surface area contributed by atoms with Crippen LogP contribution in [-0.2, 0) is 9.53 Å². The first kappa shape index (κ1) is 18.7. The van der Waals surface area contributed by atoms with Crippen LogP contribution in [0.3, 0.4) is 0 Å². The Morgan fingerprint density at radius 3 is 2.57 bits per heavy atom. The van der Waals surface area contributed by atoms with Gasteiger partial charge in [0.05, 0.1) is 35.6 Å². The minimum atomic E-state index is -0.129. The van der Waals surface area contributed by atoms with Gasteiger partial charge in [0.1, 0.15) is 0 Å². The molecular weight excluding hydrogens is 374 g/mol. The standard InChI is InChI=1S/C21H21N3O3S/c1-15-6-8-16(9-7-15)24-20(26)17-4-2-3-5-18(17)22-21(24)28-14-19(25)23-10-12-27-13-11-23/h2-9H,10-14H2,1H3. The first-order valence-corrected chi connectivity index (χ1v) is 10.2. The summed E-state index contributed by atoms with van der Waals surface area (Å²) in [7, 11) is 0. The summed E-state index contributed by atoms with van der Waals surface area (Å²) in [5.41, 5.74) is 2.37. The summed E-state index contributed by atoms with van der Waals surface area (Å²) in [5, 5.41) is 1.08. The molecule has 6 nitrogen and oxygen atoms in total. The van der Waals surface area contributed by atoms with Crippen LogP contribution < -0.4 is 5.56 Å². The predicted molar refractivity (Wildman–Crippen MR) is 110 cm³/mol. The first-order chi connectivity index (χ1) is 13.6. The lowest BCUT2D eigenvalue weighted by Crippen LogP contribution is -2.41. The number of carbonyl (C=O) groups is 1. The van der Waals surface area contributed by atoms with E-state index in [0.29, 0.717) is 42.4 Å². The van der Waals surface area contributed by atoms with E-state index >= 15 is 0 Å². The molecule has 144 valence electrons.